The number of pyridine rings is 1. The number of hydrogen-bond donors (Lipinski definition) is 0. The van der Waals surface area contributed by atoms with Gasteiger partial charge in [0.15, 0.2) is 0 Å². The number of aromatic nitrogens is 1. The minimum Gasteiger partial charge on any atom is -0.338 e. The Hall–Kier alpha value is -2.50. The summed E-state index contributed by atoms with van der Waals surface area (Å²) in [6.07, 6.45) is 0.916. The standard InChI is InChI=1S/C18H16F2N2O2/c19-13-4-5-14(15(20)7-13)18(24)21-8-11-6-12(10-21)16-2-1-3-17(23)22(16)9-11/h1-5,7,11-12H,6,8-10H2/t11-,12-/m0/s1. The van der Waals surface area contributed by atoms with Gasteiger partial charge in [-0.05, 0) is 30.5 Å². The molecule has 124 valence electrons. The lowest BCUT2D eigenvalue weighted by molar-refractivity contribution is 0.0590. The monoisotopic (exact) mass is 330 g/mol. The number of piperidine rings is 1. The van der Waals surface area contributed by atoms with Gasteiger partial charge in [0.1, 0.15) is 11.6 Å². The van der Waals surface area contributed by atoms with E-state index >= 15 is 0 Å². The number of rotatable bonds is 1. The van der Waals surface area contributed by atoms with Crippen LogP contribution in [-0.2, 0) is 6.54 Å². The molecule has 0 unspecified atom stereocenters. The first-order chi connectivity index (χ1) is 11.5. The van der Waals surface area contributed by atoms with Crippen molar-refractivity contribution in [2.24, 2.45) is 5.92 Å². The molecule has 0 N–H and O–H groups in total. The Balaban J connectivity index is 1.64. The SMILES string of the molecule is O=C(c1ccc(F)cc1F)N1C[C@@H]2C[C@@H](C1)c1cccc(=O)n1C2. The number of benzene rings is 1. The molecule has 4 rings (SSSR count). The van der Waals surface area contributed by atoms with Crippen molar-refractivity contribution in [1.29, 1.82) is 0 Å². The van der Waals surface area contributed by atoms with Gasteiger partial charge >= 0.3 is 0 Å². The molecule has 0 aliphatic carbocycles. The van der Waals surface area contributed by atoms with Crippen molar-refractivity contribution in [1.82, 2.24) is 9.47 Å². The highest BCUT2D eigenvalue weighted by Gasteiger charge is 2.36. The summed E-state index contributed by atoms with van der Waals surface area (Å²) in [5.41, 5.74) is 0.796. The molecule has 1 amide bonds. The zero-order valence-corrected chi connectivity index (χ0v) is 12.9. The van der Waals surface area contributed by atoms with Crippen LogP contribution < -0.4 is 5.56 Å². The lowest BCUT2D eigenvalue weighted by Crippen LogP contribution is -2.49. The molecule has 0 spiro atoms. The molecular formula is C18H16F2N2O2. The molecule has 6 heteroatoms. The summed E-state index contributed by atoms with van der Waals surface area (Å²) >= 11 is 0. The van der Waals surface area contributed by atoms with Crippen LogP contribution in [0.5, 0.6) is 0 Å². The summed E-state index contributed by atoms with van der Waals surface area (Å²) in [7, 11) is 0. The number of likely N-dealkylation sites (tertiary alicyclic amines) is 1. The molecule has 3 heterocycles. The van der Waals surface area contributed by atoms with Crippen molar-refractivity contribution in [2.75, 3.05) is 13.1 Å². The number of halogens is 2. The Labute approximate surface area is 137 Å². The maximum Gasteiger partial charge on any atom is 0.256 e. The van der Waals surface area contributed by atoms with Crippen LogP contribution in [0.2, 0.25) is 0 Å². The average Bonchev–Trinajstić information content (AvgIpc) is 2.55. The number of nitrogens with zero attached hydrogens (tertiary/aromatic N) is 2. The molecule has 2 aliphatic rings. The summed E-state index contributed by atoms with van der Waals surface area (Å²) in [4.78, 5) is 26.3. The first-order valence-corrected chi connectivity index (χ1v) is 7.97. The zero-order valence-electron chi connectivity index (χ0n) is 12.9. The highest BCUT2D eigenvalue weighted by atomic mass is 19.1. The third-order valence-corrected chi connectivity index (χ3v) is 4.93. The van der Waals surface area contributed by atoms with E-state index in [-0.39, 0.29) is 23.0 Å². The minimum absolute atomic E-state index is 0.0217. The summed E-state index contributed by atoms with van der Waals surface area (Å²) in [6.45, 7) is 1.49. The molecular weight excluding hydrogens is 314 g/mol. The van der Waals surface area contributed by atoms with Crippen molar-refractivity contribution in [2.45, 2.75) is 18.9 Å². The minimum atomic E-state index is -0.840. The van der Waals surface area contributed by atoms with Crippen LogP contribution in [0.1, 0.15) is 28.4 Å². The van der Waals surface area contributed by atoms with Crippen LogP contribution in [0.15, 0.2) is 41.2 Å². The molecule has 0 radical (unpaired) electrons. The number of carbonyl (C=O) groups excluding carboxylic acids is 1. The first-order valence-electron chi connectivity index (χ1n) is 7.97. The van der Waals surface area contributed by atoms with Crippen LogP contribution >= 0.6 is 0 Å². The van der Waals surface area contributed by atoms with Gasteiger partial charge in [-0.2, -0.15) is 0 Å². The Morgan fingerprint density at radius 1 is 1.08 bits per heavy atom. The Kier molecular flexibility index (Phi) is 3.48. The van der Waals surface area contributed by atoms with Crippen LogP contribution in [0.25, 0.3) is 0 Å². The number of fused-ring (bicyclic) bond motifs is 4. The summed E-state index contributed by atoms with van der Waals surface area (Å²) in [5, 5.41) is 0. The number of hydrogen-bond acceptors (Lipinski definition) is 2. The second-order valence-corrected chi connectivity index (χ2v) is 6.53. The van der Waals surface area contributed by atoms with Gasteiger partial charge in [-0.25, -0.2) is 8.78 Å². The molecule has 1 fully saturated rings. The predicted molar refractivity (Wildman–Crippen MR) is 83.8 cm³/mol. The number of amides is 1. The van der Waals surface area contributed by atoms with Crippen LogP contribution in [0, 0.1) is 17.6 Å². The van der Waals surface area contributed by atoms with Gasteiger partial charge in [0.05, 0.1) is 5.56 Å². The average molecular weight is 330 g/mol. The van der Waals surface area contributed by atoms with E-state index in [4.69, 9.17) is 0 Å². The van der Waals surface area contributed by atoms with E-state index in [9.17, 15) is 18.4 Å². The molecule has 2 aromatic rings. The molecule has 24 heavy (non-hydrogen) atoms. The lowest BCUT2D eigenvalue weighted by Gasteiger charge is -2.42. The molecule has 4 nitrogen and oxygen atoms in total. The van der Waals surface area contributed by atoms with E-state index in [2.05, 4.69) is 0 Å². The second-order valence-electron chi connectivity index (χ2n) is 6.53. The Morgan fingerprint density at radius 3 is 2.71 bits per heavy atom. The molecule has 1 aromatic heterocycles. The van der Waals surface area contributed by atoms with Crippen LogP contribution in [0.3, 0.4) is 0 Å². The largest absolute Gasteiger partial charge is 0.338 e. The fraction of sp³-hybridized carbons (Fsp3) is 0.333. The topological polar surface area (TPSA) is 42.3 Å². The van der Waals surface area contributed by atoms with Gasteiger partial charge in [0.2, 0.25) is 0 Å². The molecule has 2 atom stereocenters. The van der Waals surface area contributed by atoms with Gasteiger partial charge in [-0.3, -0.25) is 9.59 Å². The smallest absolute Gasteiger partial charge is 0.256 e. The summed E-state index contributed by atoms with van der Waals surface area (Å²) in [6, 6.07) is 8.20. The van der Waals surface area contributed by atoms with Crippen molar-refractivity contribution in [3.63, 3.8) is 0 Å². The fourth-order valence-electron chi connectivity index (χ4n) is 3.90. The normalized spacial score (nSPS) is 22.2. The lowest BCUT2D eigenvalue weighted by atomic mass is 9.83. The second kappa shape index (κ2) is 5.54. The molecule has 1 aromatic carbocycles. The molecule has 2 aliphatic heterocycles. The van der Waals surface area contributed by atoms with Crippen molar-refractivity contribution in [3.8, 4) is 0 Å². The molecule has 1 saturated heterocycles. The van der Waals surface area contributed by atoms with E-state index in [1.165, 1.54) is 6.07 Å². The molecule has 2 bridgehead atoms. The van der Waals surface area contributed by atoms with E-state index in [0.29, 0.717) is 19.6 Å². The van der Waals surface area contributed by atoms with Crippen LogP contribution in [0.4, 0.5) is 8.78 Å². The highest BCUT2D eigenvalue weighted by molar-refractivity contribution is 5.94. The third-order valence-electron chi connectivity index (χ3n) is 4.93. The third kappa shape index (κ3) is 2.42. The quantitative estimate of drug-likeness (QED) is 0.806. The van der Waals surface area contributed by atoms with Crippen molar-refractivity contribution >= 4 is 5.91 Å². The predicted octanol–water partition coefficient (Wildman–Crippen LogP) is 2.39. The Morgan fingerprint density at radius 2 is 1.92 bits per heavy atom. The fourth-order valence-corrected chi connectivity index (χ4v) is 3.90. The van der Waals surface area contributed by atoms with E-state index in [0.717, 1.165) is 24.2 Å². The van der Waals surface area contributed by atoms with Crippen molar-refractivity contribution in [3.05, 3.63) is 69.6 Å². The summed E-state index contributed by atoms with van der Waals surface area (Å²) in [5.74, 6) is -1.73. The zero-order chi connectivity index (χ0) is 16.8. The van der Waals surface area contributed by atoms with Gasteiger partial charge < -0.3 is 9.47 Å². The first kappa shape index (κ1) is 15.1. The van der Waals surface area contributed by atoms with Crippen LogP contribution in [-0.4, -0.2) is 28.5 Å². The van der Waals surface area contributed by atoms with Gasteiger partial charge in [0.25, 0.3) is 11.5 Å². The van der Waals surface area contributed by atoms with E-state index in [1.807, 2.05) is 6.07 Å². The maximum absolute atomic E-state index is 13.9. The van der Waals surface area contributed by atoms with Gasteiger partial charge in [0, 0.05) is 43.4 Å². The molecule has 0 saturated carbocycles. The van der Waals surface area contributed by atoms with Crippen molar-refractivity contribution < 1.29 is 13.6 Å². The summed E-state index contributed by atoms with van der Waals surface area (Å²) < 4.78 is 28.7. The highest BCUT2D eigenvalue weighted by Crippen LogP contribution is 2.35. The Bertz CT molecular complexity index is 878. The maximum atomic E-state index is 13.9. The van der Waals surface area contributed by atoms with Gasteiger partial charge in [-0.15, -0.1) is 0 Å². The van der Waals surface area contributed by atoms with Gasteiger partial charge in [-0.1, -0.05) is 6.07 Å². The number of carbonyl (C=O) groups is 1. The van der Waals surface area contributed by atoms with E-state index < -0.39 is 17.5 Å². The van der Waals surface area contributed by atoms with E-state index in [1.54, 1.807) is 21.6 Å².